The first-order chi connectivity index (χ1) is 27.9. The van der Waals surface area contributed by atoms with Gasteiger partial charge < -0.3 is 18.7 Å². The predicted molar refractivity (Wildman–Crippen MR) is 248 cm³/mol. The van der Waals surface area contributed by atoms with Crippen molar-refractivity contribution in [2.45, 2.75) is 163 Å². The van der Waals surface area contributed by atoms with Gasteiger partial charge in [0.15, 0.2) is 14.1 Å². The topological polar surface area (TPSA) is 99.1 Å². The highest BCUT2D eigenvalue weighted by molar-refractivity contribution is 6.99. The lowest BCUT2D eigenvalue weighted by Crippen LogP contribution is -2.68. The Morgan fingerprint density at radius 1 is 0.783 bits per heavy atom. The molecule has 0 radical (unpaired) electrons. The number of benzene rings is 2. The number of fused-ring (bicyclic) bond motifs is 3. The summed E-state index contributed by atoms with van der Waals surface area (Å²) in [7, 11) is -5.08. The van der Waals surface area contributed by atoms with Gasteiger partial charge in [0.2, 0.25) is 0 Å². The van der Waals surface area contributed by atoms with Crippen LogP contribution in [0.5, 0.6) is 0 Å². The van der Waals surface area contributed by atoms with Crippen LogP contribution in [0.15, 0.2) is 84.5 Å². The van der Waals surface area contributed by atoms with Crippen molar-refractivity contribution in [1.82, 2.24) is 0 Å². The quantitative estimate of drug-likeness (QED) is 0.0961. The molecule has 0 spiro atoms. The van der Waals surface area contributed by atoms with Crippen LogP contribution >= 0.6 is 0 Å². The van der Waals surface area contributed by atoms with Gasteiger partial charge in [-0.3, -0.25) is 14.4 Å². The molecule has 330 valence electrons. The van der Waals surface area contributed by atoms with Gasteiger partial charge in [0, 0.05) is 17.9 Å². The Bertz CT molecular complexity index is 1810. The molecule has 5 rings (SSSR count). The van der Waals surface area contributed by atoms with Gasteiger partial charge in [-0.2, -0.15) is 0 Å². The van der Waals surface area contributed by atoms with Crippen LogP contribution in [0.4, 0.5) is 0 Å². The molecule has 2 aromatic rings. The van der Waals surface area contributed by atoms with Crippen LogP contribution in [0.2, 0.25) is 23.2 Å². The summed E-state index contributed by atoms with van der Waals surface area (Å²) in [4.78, 5) is 40.8. The molecular formula is C51H76O7Si2. The number of Topliss-reactive ketones (excluding diaryl/α,β-unsaturated/α-hetero) is 1. The zero-order valence-corrected chi connectivity index (χ0v) is 41.0. The first-order valence-electron chi connectivity index (χ1n) is 22.7. The van der Waals surface area contributed by atoms with E-state index < -0.39 is 46.0 Å². The van der Waals surface area contributed by atoms with Gasteiger partial charge in [-0.05, 0) is 122 Å². The van der Waals surface area contributed by atoms with Gasteiger partial charge in [0.25, 0.3) is 8.32 Å². The fourth-order valence-electron chi connectivity index (χ4n) is 9.95. The van der Waals surface area contributed by atoms with Gasteiger partial charge in [-0.1, -0.05) is 134 Å². The number of rotatable bonds is 17. The molecule has 7 nitrogen and oxygen atoms in total. The summed E-state index contributed by atoms with van der Waals surface area (Å²) < 4.78 is 20.8. The molecule has 0 aromatic heterocycles. The number of carbonyl (C=O) groups excluding carboxylic acids is 2. The number of hydrogen-bond acceptors (Lipinski definition) is 6. The van der Waals surface area contributed by atoms with Crippen LogP contribution in [-0.2, 0) is 28.0 Å². The zero-order chi connectivity index (χ0) is 44.4. The minimum atomic E-state index is -3.08. The maximum Gasteiger partial charge on any atom is 0.311 e. The van der Waals surface area contributed by atoms with Crippen LogP contribution in [0.25, 0.3) is 0 Å². The van der Waals surface area contributed by atoms with Crippen LogP contribution in [0.3, 0.4) is 0 Å². The molecule has 0 saturated heterocycles. The Balaban J connectivity index is 1.53. The van der Waals surface area contributed by atoms with Crippen molar-refractivity contribution in [1.29, 1.82) is 0 Å². The van der Waals surface area contributed by atoms with Crippen molar-refractivity contribution in [3.8, 4) is 0 Å². The molecule has 9 atom stereocenters. The van der Waals surface area contributed by atoms with E-state index in [1.807, 2.05) is 39.8 Å². The lowest BCUT2D eigenvalue weighted by molar-refractivity contribution is -0.158. The van der Waals surface area contributed by atoms with Crippen LogP contribution in [-0.4, -0.2) is 57.8 Å². The number of ether oxygens (including phenoxy) is 1. The largest absolute Gasteiger partial charge is 0.481 e. The molecular weight excluding hydrogens is 781 g/mol. The normalized spacial score (nSPS) is 24.9. The number of aliphatic carboxylic acids is 1. The molecule has 0 amide bonds. The average Bonchev–Trinajstić information content (AvgIpc) is 3.75. The molecule has 9 heteroatoms. The second kappa shape index (κ2) is 18.7. The number of hydrogen-bond donors (Lipinski definition) is 1. The Labute approximate surface area is 364 Å². The molecule has 2 aromatic carbocycles. The van der Waals surface area contributed by atoms with E-state index in [0.717, 1.165) is 36.1 Å². The molecule has 0 aliphatic heterocycles. The molecule has 60 heavy (non-hydrogen) atoms. The van der Waals surface area contributed by atoms with Crippen molar-refractivity contribution in [3.05, 3.63) is 84.5 Å². The smallest absolute Gasteiger partial charge is 0.311 e. The summed E-state index contributed by atoms with van der Waals surface area (Å²) in [6.45, 7) is 28.1. The summed E-state index contributed by atoms with van der Waals surface area (Å²) in [6.07, 6.45) is 10.6. The molecule has 1 fully saturated rings. The molecule has 1 saturated carbocycles. The van der Waals surface area contributed by atoms with E-state index >= 15 is 4.79 Å². The molecule has 3 aliphatic carbocycles. The number of allylic oxidation sites excluding steroid dienone is 4. The maximum absolute atomic E-state index is 15.4. The molecule has 0 unspecified atom stereocenters. The number of esters is 1. The first kappa shape index (κ1) is 47.9. The van der Waals surface area contributed by atoms with Gasteiger partial charge >= 0.3 is 11.9 Å². The number of ketones is 1. The minimum Gasteiger partial charge on any atom is -0.481 e. The number of carboxylic acid groups (broad SMARTS) is 1. The van der Waals surface area contributed by atoms with Gasteiger partial charge in [-0.15, -0.1) is 0 Å². The second-order valence-electron chi connectivity index (χ2n) is 21.8. The van der Waals surface area contributed by atoms with E-state index in [1.165, 1.54) is 0 Å². The molecule has 3 aliphatic rings. The lowest BCUT2D eigenvalue weighted by atomic mass is 9.70. The number of carboxylic acids is 1. The minimum absolute atomic E-state index is 0.00249. The van der Waals surface area contributed by atoms with Gasteiger partial charge in [0.05, 0.1) is 17.9 Å². The summed E-state index contributed by atoms with van der Waals surface area (Å²) >= 11 is 0. The highest BCUT2D eigenvalue weighted by Crippen LogP contribution is 2.54. The van der Waals surface area contributed by atoms with Crippen LogP contribution in [0, 0.1) is 40.9 Å². The Kier molecular flexibility index (Phi) is 14.9. The monoisotopic (exact) mass is 857 g/mol. The fraction of sp³-hybridized carbons (Fsp3) is 0.627. The lowest BCUT2D eigenvalue weighted by Gasteiger charge is -2.46. The maximum atomic E-state index is 15.4. The summed E-state index contributed by atoms with van der Waals surface area (Å²) in [5, 5.41) is 12.4. The Hall–Kier alpha value is -3.12. The van der Waals surface area contributed by atoms with Crippen molar-refractivity contribution >= 4 is 44.7 Å². The van der Waals surface area contributed by atoms with Gasteiger partial charge in [0.1, 0.15) is 6.10 Å². The Morgan fingerprint density at radius 2 is 1.37 bits per heavy atom. The third kappa shape index (κ3) is 10.4. The van der Waals surface area contributed by atoms with E-state index in [1.54, 1.807) is 0 Å². The van der Waals surface area contributed by atoms with Crippen molar-refractivity contribution in [2.75, 3.05) is 0 Å². The zero-order valence-electron chi connectivity index (χ0n) is 39.0. The Morgan fingerprint density at radius 3 is 1.87 bits per heavy atom. The van der Waals surface area contributed by atoms with E-state index in [9.17, 15) is 14.7 Å². The van der Waals surface area contributed by atoms with Crippen LogP contribution in [0.1, 0.15) is 121 Å². The van der Waals surface area contributed by atoms with E-state index in [-0.39, 0.29) is 64.1 Å². The SMILES string of the molecule is CC[C@@H](CCC[C@H](O[Si](c1ccccc1)(c1ccccc1)C(C)(C)C)[C@@H](C)C(=O)C1=C[C@@H]2[C@@H](C=C[C@@H]3C[C@@H](OC(=O)C(C)(C)C)C[C@@H]23)[C@@H]1CC(=O)O)O[Si](C)(C)C(C)(C)C. The van der Waals surface area contributed by atoms with Crippen molar-refractivity contribution < 1.29 is 33.1 Å². The summed E-state index contributed by atoms with van der Waals surface area (Å²) in [6, 6.07) is 21.2. The highest BCUT2D eigenvalue weighted by atomic mass is 28.4. The predicted octanol–water partition coefficient (Wildman–Crippen LogP) is 10.9. The molecule has 1 N–H and O–H groups in total. The highest BCUT2D eigenvalue weighted by Gasteiger charge is 2.54. The standard InChI is InChI=1S/C51H76O7Si2/c1-14-36(57-59(12,13)50(6,7)8)22-21-27-45(58-60(51(9,10)11,38-23-17-15-18-24-38)39-25-19-16-20-26-39)34(2)47(54)44-32-42-40(43(44)33-46(52)53)29-28-35-30-37(31-41(35)42)56-48(55)49(3,4)5/h15-20,23-26,28-29,32,34-37,40-43,45H,14,21-22,27,30-31,33H2,1-13H3,(H,52,53)/t34-,35-,36+,37-,40-,41-,42-,43+,45+/m1/s1. The fourth-order valence-corrected chi connectivity index (χ4v) is 16.2. The average molecular weight is 857 g/mol. The van der Waals surface area contributed by atoms with Crippen LogP contribution < -0.4 is 10.4 Å². The van der Waals surface area contributed by atoms with E-state index in [2.05, 4.69) is 128 Å². The number of carbonyl (C=O) groups is 3. The molecule has 0 heterocycles. The van der Waals surface area contributed by atoms with Crippen molar-refractivity contribution in [3.63, 3.8) is 0 Å². The van der Waals surface area contributed by atoms with E-state index in [0.29, 0.717) is 18.4 Å². The van der Waals surface area contributed by atoms with E-state index in [4.69, 9.17) is 13.6 Å². The third-order valence-corrected chi connectivity index (χ3v) is 24.0. The van der Waals surface area contributed by atoms with Gasteiger partial charge in [-0.25, -0.2) is 0 Å². The molecule has 0 bridgehead atoms. The summed E-state index contributed by atoms with van der Waals surface area (Å²) in [5.41, 5.74) is 0.0355. The van der Waals surface area contributed by atoms with Crippen molar-refractivity contribution in [2.24, 2.45) is 40.9 Å². The summed E-state index contributed by atoms with van der Waals surface area (Å²) in [5.74, 6) is -1.80. The second-order valence-corrected chi connectivity index (χ2v) is 30.8. The first-order valence-corrected chi connectivity index (χ1v) is 27.6. The third-order valence-electron chi connectivity index (χ3n) is 14.4.